The second kappa shape index (κ2) is 22.3. The molecule has 0 bridgehead atoms. The van der Waals surface area contributed by atoms with Gasteiger partial charge in [-0.1, -0.05) is 90.2 Å². The Kier molecular flexibility index (Phi) is 24.0. The summed E-state index contributed by atoms with van der Waals surface area (Å²) < 4.78 is 37.3. The molecule has 1 N–H and O–H groups in total. The van der Waals surface area contributed by atoms with Crippen LogP contribution in [0.15, 0.2) is 12.2 Å². The summed E-state index contributed by atoms with van der Waals surface area (Å²) in [6.45, 7) is 4.48. The third kappa shape index (κ3) is 20.0. The first-order valence-corrected chi connectivity index (χ1v) is 13.2. The maximum Gasteiger partial charge on any atom is 0.326 e. The number of unbranched alkanes of at least 4 members (excludes halogenated alkanes) is 12. The second-order valence-corrected chi connectivity index (χ2v) is 9.50. The number of allylic oxidation sites excluding steroid dienone is 2. The van der Waals surface area contributed by atoms with Crippen molar-refractivity contribution in [2.75, 3.05) is 6.61 Å². The van der Waals surface area contributed by atoms with Gasteiger partial charge in [0.25, 0.3) is 10.1 Å². The van der Waals surface area contributed by atoms with E-state index in [1.165, 1.54) is 38.5 Å². The van der Waals surface area contributed by atoms with Crippen LogP contribution in [-0.4, -0.2) is 60.4 Å². The van der Waals surface area contributed by atoms with E-state index in [4.69, 9.17) is 4.74 Å². The van der Waals surface area contributed by atoms with Crippen molar-refractivity contribution >= 4 is 45.6 Å². The standard InChI is InChI=1S/C23H44O5S.Na/c1-3-5-7-8-9-10-11-12-13-14-15-16-17-18-20-22(29(25,26)27)23(24)28-21-19-6-4-2;/h12-13,22H,3-11,14-21H2,1-2H3,(H,25,26,27);. The van der Waals surface area contributed by atoms with Crippen LogP contribution in [0.3, 0.4) is 0 Å². The van der Waals surface area contributed by atoms with Crippen molar-refractivity contribution < 1.29 is 22.5 Å². The molecule has 0 aromatic carbocycles. The fourth-order valence-corrected chi connectivity index (χ4v) is 4.01. The molecule has 0 aliphatic carbocycles. The zero-order valence-electron chi connectivity index (χ0n) is 19.7. The molecule has 0 aromatic rings. The number of hydrogen-bond donors (Lipinski definition) is 1. The summed E-state index contributed by atoms with van der Waals surface area (Å²) in [4.78, 5) is 11.9. The van der Waals surface area contributed by atoms with Crippen molar-refractivity contribution in [3.63, 3.8) is 0 Å². The quantitative estimate of drug-likeness (QED) is 0.0772. The Morgan fingerprint density at radius 1 is 0.800 bits per heavy atom. The molecule has 5 nitrogen and oxygen atoms in total. The molecule has 1 radical (unpaired) electrons. The molecule has 0 fully saturated rings. The Morgan fingerprint density at radius 3 is 1.80 bits per heavy atom. The molecule has 0 aliphatic heterocycles. The molecule has 0 amide bonds. The first-order valence-electron chi connectivity index (χ1n) is 11.7. The van der Waals surface area contributed by atoms with E-state index in [2.05, 4.69) is 19.1 Å². The van der Waals surface area contributed by atoms with Crippen LogP contribution in [0.2, 0.25) is 0 Å². The average molecular weight is 456 g/mol. The summed E-state index contributed by atoms with van der Waals surface area (Å²) in [5.74, 6) is -0.818. The molecule has 0 aromatic heterocycles. The van der Waals surface area contributed by atoms with E-state index in [9.17, 15) is 17.8 Å². The number of esters is 1. The predicted molar refractivity (Wildman–Crippen MR) is 126 cm³/mol. The summed E-state index contributed by atoms with van der Waals surface area (Å²) in [5.41, 5.74) is 0. The molecule has 0 saturated carbocycles. The van der Waals surface area contributed by atoms with Gasteiger partial charge in [0.05, 0.1) is 6.61 Å². The van der Waals surface area contributed by atoms with Crippen LogP contribution in [0.1, 0.15) is 117 Å². The van der Waals surface area contributed by atoms with E-state index in [-0.39, 0.29) is 42.6 Å². The molecule has 173 valence electrons. The smallest absolute Gasteiger partial charge is 0.326 e. The van der Waals surface area contributed by atoms with E-state index in [0.717, 1.165) is 44.9 Å². The molecule has 1 unspecified atom stereocenters. The van der Waals surface area contributed by atoms with Gasteiger partial charge in [0, 0.05) is 29.6 Å². The van der Waals surface area contributed by atoms with E-state index >= 15 is 0 Å². The summed E-state index contributed by atoms with van der Waals surface area (Å²) in [6, 6.07) is 0. The molecule has 0 saturated heterocycles. The summed E-state index contributed by atoms with van der Waals surface area (Å²) in [7, 11) is -4.41. The van der Waals surface area contributed by atoms with Crippen molar-refractivity contribution in [2.24, 2.45) is 0 Å². The van der Waals surface area contributed by atoms with Gasteiger partial charge in [-0.25, -0.2) is 0 Å². The summed E-state index contributed by atoms with van der Waals surface area (Å²) >= 11 is 0. The van der Waals surface area contributed by atoms with E-state index in [1.54, 1.807) is 0 Å². The number of ether oxygens (including phenoxy) is 1. The average Bonchev–Trinajstić information content (AvgIpc) is 2.67. The molecule has 1 atom stereocenters. The molecule has 0 spiro atoms. The van der Waals surface area contributed by atoms with E-state index < -0.39 is 21.3 Å². The fourth-order valence-electron chi connectivity index (χ4n) is 3.23. The fraction of sp³-hybridized carbons (Fsp3) is 0.870. The second-order valence-electron chi connectivity index (χ2n) is 7.90. The van der Waals surface area contributed by atoms with Crippen molar-refractivity contribution in [2.45, 2.75) is 122 Å². The zero-order valence-corrected chi connectivity index (χ0v) is 22.6. The molecule has 30 heavy (non-hydrogen) atoms. The SMILES string of the molecule is CCCCCCCCC=CCCCCCCC(C(=O)OCCCCC)S(=O)(=O)O.[Na]. The number of carbonyl (C=O) groups is 1. The predicted octanol–water partition coefficient (Wildman–Crippen LogP) is 6.24. The van der Waals surface area contributed by atoms with Crippen LogP contribution in [0.4, 0.5) is 0 Å². The van der Waals surface area contributed by atoms with Crippen LogP contribution >= 0.6 is 0 Å². The number of carbonyl (C=O) groups excluding carboxylic acids is 1. The normalized spacial score (nSPS) is 12.6. The van der Waals surface area contributed by atoms with Gasteiger partial charge >= 0.3 is 5.97 Å². The van der Waals surface area contributed by atoms with Crippen LogP contribution in [0.5, 0.6) is 0 Å². The third-order valence-corrected chi connectivity index (χ3v) is 6.24. The van der Waals surface area contributed by atoms with Crippen LogP contribution in [0, 0.1) is 0 Å². The largest absolute Gasteiger partial charge is 0.465 e. The Bertz CT molecular complexity index is 520. The van der Waals surface area contributed by atoms with Crippen LogP contribution in [-0.2, 0) is 19.6 Å². The Balaban J connectivity index is 0. The molecular weight excluding hydrogens is 411 g/mol. The Morgan fingerprint density at radius 2 is 1.27 bits per heavy atom. The first kappa shape index (κ1) is 32.3. The Hall–Kier alpha value is 0.120. The van der Waals surface area contributed by atoms with Gasteiger partial charge in [0.1, 0.15) is 0 Å². The molecule has 0 rings (SSSR count). The van der Waals surface area contributed by atoms with Crippen LogP contribution in [0.25, 0.3) is 0 Å². The molecule has 0 heterocycles. The van der Waals surface area contributed by atoms with Crippen molar-refractivity contribution in [3.05, 3.63) is 12.2 Å². The first-order chi connectivity index (χ1) is 13.9. The van der Waals surface area contributed by atoms with Gasteiger partial charge in [0.2, 0.25) is 0 Å². The molecule has 0 aliphatic rings. The van der Waals surface area contributed by atoms with Gasteiger partial charge in [-0.05, 0) is 38.5 Å². The maximum absolute atomic E-state index is 11.9. The maximum atomic E-state index is 11.9. The van der Waals surface area contributed by atoms with Gasteiger partial charge < -0.3 is 4.74 Å². The van der Waals surface area contributed by atoms with E-state index in [0.29, 0.717) is 12.8 Å². The van der Waals surface area contributed by atoms with Crippen molar-refractivity contribution in [3.8, 4) is 0 Å². The minimum absolute atomic E-state index is 0. The van der Waals surface area contributed by atoms with Gasteiger partial charge in [0.15, 0.2) is 5.25 Å². The topological polar surface area (TPSA) is 80.7 Å². The minimum atomic E-state index is -4.41. The summed E-state index contributed by atoms with van der Waals surface area (Å²) in [5, 5.41) is -1.44. The zero-order chi connectivity index (χ0) is 21.8. The van der Waals surface area contributed by atoms with Gasteiger partial charge in [-0.15, -0.1) is 0 Å². The number of hydrogen-bond acceptors (Lipinski definition) is 4. The van der Waals surface area contributed by atoms with Crippen LogP contribution < -0.4 is 0 Å². The van der Waals surface area contributed by atoms with Crippen molar-refractivity contribution in [1.29, 1.82) is 0 Å². The third-order valence-electron chi connectivity index (χ3n) is 5.09. The molecular formula is C23H44NaO5S. The monoisotopic (exact) mass is 455 g/mol. The summed E-state index contributed by atoms with van der Waals surface area (Å²) in [6.07, 6.45) is 20.9. The van der Waals surface area contributed by atoms with E-state index in [1.807, 2.05) is 6.92 Å². The van der Waals surface area contributed by atoms with Crippen molar-refractivity contribution in [1.82, 2.24) is 0 Å². The van der Waals surface area contributed by atoms with Gasteiger partial charge in [-0.3, -0.25) is 9.35 Å². The van der Waals surface area contributed by atoms with Gasteiger partial charge in [-0.2, -0.15) is 8.42 Å². The number of rotatable bonds is 20. The Labute approximate surface area is 207 Å². The minimum Gasteiger partial charge on any atom is -0.465 e. The molecule has 7 heteroatoms.